The van der Waals surface area contributed by atoms with Crippen LogP contribution in [0.1, 0.15) is 57.1 Å². The van der Waals surface area contributed by atoms with Crippen LogP contribution in [0.4, 0.5) is 0 Å². The Bertz CT molecular complexity index is 1030. The van der Waals surface area contributed by atoms with Crippen LogP contribution in [0.3, 0.4) is 0 Å². The first-order chi connectivity index (χ1) is 15.5. The molecular weight excluding hydrogens is 398 g/mol. The first-order valence-electron chi connectivity index (χ1n) is 11.7. The van der Waals surface area contributed by atoms with Crippen molar-refractivity contribution in [3.8, 4) is 5.75 Å². The van der Waals surface area contributed by atoms with Crippen molar-refractivity contribution >= 4 is 16.8 Å². The van der Waals surface area contributed by atoms with E-state index in [1.807, 2.05) is 25.1 Å². The van der Waals surface area contributed by atoms with E-state index >= 15 is 0 Å². The van der Waals surface area contributed by atoms with Gasteiger partial charge < -0.3 is 19.9 Å². The lowest BCUT2D eigenvalue weighted by atomic mass is 9.90. The molecule has 1 aliphatic heterocycles. The number of rotatable bonds is 7. The van der Waals surface area contributed by atoms with Crippen LogP contribution in [0.5, 0.6) is 5.75 Å². The molecule has 1 aliphatic rings. The van der Waals surface area contributed by atoms with Crippen molar-refractivity contribution < 1.29 is 9.53 Å². The second-order valence-corrected chi connectivity index (χ2v) is 9.12. The van der Waals surface area contributed by atoms with Crippen molar-refractivity contribution in [2.75, 3.05) is 13.7 Å². The molecular formula is C27H35N3O2. The summed E-state index contributed by atoms with van der Waals surface area (Å²) in [5.41, 5.74) is 3.56. The molecule has 4 rings (SSSR count). The van der Waals surface area contributed by atoms with Gasteiger partial charge in [-0.2, -0.15) is 0 Å². The summed E-state index contributed by atoms with van der Waals surface area (Å²) in [6, 6.07) is 17.0. The number of nitrogens with one attached hydrogen (secondary N) is 2. The maximum Gasteiger partial charge on any atom is 0.239 e. The van der Waals surface area contributed by atoms with Gasteiger partial charge >= 0.3 is 0 Å². The highest BCUT2D eigenvalue weighted by Gasteiger charge is 2.32. The number of ether oxygens (including phenoxy) is 1. The minimum Gasteiger partial charge on any atom is -0.497 e. The highest BCUT2D eigenvalue weighted by Crippen LogP contribution is 2.32. The zero-order chi connectivity index (χ0) is 22.7. The molecule has 0 aliphatic carbocycles. The lowest BCUT2D eigenvalue weighted by Crippen LogP contribution is -2.54. The fourth-order valence-corrected chi connectivity index (χ4v) is 5.09. The first-order valence-corrected chi connectivity index (χ1v) is 11.7. The Kier molecular flexibility index (Phi) is 6.85. The van der Waals surface area contributed by atoms with Crippen LogP contribution in [0.15, 0.2) is 54.7 Å². The predicted octanol–water partition coefficient (Wildman–Crippen LogP) is 5.08. The molecule has 5 nitrogen and oxygen atoms in total. The maximum atomic E-state index is 13.3. The molecule has 170 valence electrons. The summed E-state index contributed by atoms with van der Waals surface area (Å²) in [5.74, 6) is 1.16. The molecule has 1 saturated heterocycles. The molecule has 1 amide bonds. The summed E-state index contributed by atoms with van der Waals surface area (Å²) >= 11 is 0. The molecule has 3 aromatic rings. The fraction of sp³-hybridized carbons (Fsp3) is 0.444. The van der Waals surface area contributed by atoms with Crippen molar-refractivity contribution in [2.24, 2.45) is 0 Å². The molecule has 1 aromatic heterocycles. The minimum atomic E-state index is -0.232. The van der Waals surface area contributed by atoms with Gasteiger partial charge in [-0.1, -0.05) is 30.3 Å². The topological polar surface area (TPSA) is 57.4 Å². The minimum absolute atomic E-state index is 0.114. The number of nitrogens with zero attached hydrogens (tertiary/aromatic N) is 1. The lowest BCUT2D eigenvalue weighted by Gasteiger charge is -2.40. The SMILES string of the molecule is COc1ccc([C@H](CN[C@H](C)C(=O)N2[C@H](C)CCC[C@@H]2C)c2c[nH]c3ccccc23)cc1. The third kappa shape index (κ3) is 4.53. The average Bonchev–Trinajstić information content (AvgIpc) is 3.23. The van der Waals surface area contributed by atoms with Gasteiger partial charge in [0.05, 0.1) is 13.2 Å². The Hall–Kier alpha value is -2.79. The van der Waals surface area contributed by atoms with E-state index in [1.54, 1.807) is 7.11 Å². The molecule has 0 spiro atoms. The van der Waals surface area contributed by atoms with Crippen LogP contribution in [0.2, 0.25) is 0 Å². The highest BCUT2D eigenvalue weighted by atomic mass is 16.5. The standard InChI is InChI=1S/C27H35N3O2/c1-18-8-7-9-19(2)30(18)27(31)20(3)28-16-24(21-12-14-22(32-4)15-13-21)25-17-29-26-11-6-5-10-23(25)26/h5-6,10-15,17-20,24,28-29H,7-9,16H2,1-4H3/t18-,19+,20-,24+/m1/s1. The number of carbonyl (C=O) groups is 1. The molecule has 1 fully saturated rings. The van der Waals surface area contributed by atoms with E-state index in [2.05, 4.69) is 65.6 Å². The summed E-state index contributed by atoms with van der Waals surface area (Å²) in [4.78, 5) is 18.8. The average molecular weight is 434 g/mol. The van der Waals surface area contributed by atoms with E-state index in [9.17, 15) is 4.79 Å². The van der Waals surface area contributed by atoms with Gasteiger partial charge in [0, 0.05) is 41.6 Å². The smallest absolute Gasteiger partial charge is 0.239 e. The number of amides is 1. The number of aromatic nitrogens is 1. The summed E-state index contributed by atoms with van der Waals surface area (Å²) in [5, 5.41) is 4.78. The van der Waals surface area contributed by atoms with Crippen LogP contribution in [-0.4, -0.2) is 47.6 Å². The number of para-hydroxylation sites is 1. The van der Waals surface area contributed by atoms with Gasteiger partial charge in [0.2, 0.25) is 5.91 Å². The highest BCUT2D eigenvalue weighted by molar-refractivity contribution is 5.84. The Balaban J connectivity index is 1.57. The Morgan fingerprint density at radius 2 is 1.81 bits per heavy atom. The zero-order valence-electron chi connectivity index (χ0n) is 19.6. The van der Waals surface area contributed by atoms with Gasteiger partial charge in [-0.3, -0.25) is 4.79 Å². The Morgan fingerprint density at radius 3 is 2.50 bits per heavy atom. The summed E-state index contributed by atoms with van der Waals surface area (Å²) < 4.78 is 5.35. The number of carbonyl (C=O) groups excluding carboxylic acids is 1. The summed E-state index contributed by atoms with van der Waals surface area (Å²) in [7, 11) is 1.68. The van der Waals surface area contributed by atoms with Crippen molar-refractivity contribution in [3.63, 3.8) is 0 Å². The fourth-order valence-electron chi connectivity index (χ4n) is 5.09. The van der Waals surface area contributed by atoms with E-state index in [4.69, 9.17) is 4.74 Å². The molecule has 0 unspecified atom stereocenters. The molecule has 0 radical (unpaired) electrons. The molecule has 0 bridgehead atoms. The number of hydrogen-bond acceptors (Lipinski definition) is 3. The third-order valence-corrected chi connectivity index (χ3v) is 6.96. The van der Waals surface area contributed by atoms with Gasteiger partial charge in [0.25, 0.3) is 0 Å². The third-order valence-electron chi connectivity index (χ3n) is 6.96. The molecule has 0 saturated carbocycles. The predicted molar refractivity (Wildman–Crippen MR) is 130 cm³/mol. The van der Waals surface area contributed by atoms with Crippen molar-refractivity contribution in [1.82, 2.24) is 15.2 Å². The number of likely N-dealkylation sites (tertiary alicyclic amines) is 1. The molecule has 2 aromatic carbocycles. The van der Waals surface area contributed by atoms with E-state index < -0.39 is 0 Å². The van der Waals surface area contributed by atoms with E-state index in [-0.39, 0.29) is 17.9 Å². The summed E-state index contributed by atoms with van der Waals surface area (Å²) in [6.45, 7) is 7.02. The Morgan fingerprint density at radius 1 is 1.12 bits per heavy atom. The lowest BCUT2D eigenvalue weighted by molar-refractivity contribution is -0.139. The second-order valence-electron chi connectivity index (χ2n) is 9.12. The van der Waals surface area contributed by atoms with Crippen LogP contribution >= 0.6 is 0 Å². The quantitative estimate of drug-likeness (QED) is 0.547. The van der Waals surface area contributed by atoms with E-state index in [0.29, 0.717) is 18.6 Å². The molecule has 5 heteroatoms. The molecule has 4 atom stereocenters. The van der Waals surface area contributed by atoms with Crippen LogP contribution in [0.25, 0.3) is 10.9 Å². The number of methoxy groups -OCH3 is 1. The van der Waals surface area contributed by atoms with Gasteiger partial charge in [0.1, 0.15) is 5.75 Å². The second kappa shape index (κ2) is 9.78. The van der Waals surface area contributed by atoms with Gasteiger partial charge in [-0.15, -0.1) is 0 Å². The van der Waals surface area contributed by atoms with E-state index in [0.717, 1.165) is 24.1 Å². The first kappa shape index (κ1) is 22.4. The molecule has 2 heterocycles. The number of hydrogen-bond donors (Lipinski definition) is 2. The van der Waals surface area contributed by atoms with Crippen LogP contribution in [0, 0.1) is 0 Å². The summed E-state index contributed by atoms with van der Waals surface area (Å²) in [6.07, 6.45) is 5.48. The maximum absolute atomic E-state index is 13.3. The van der Waals surface area contributed by atoms with E-state index in [1.165, 1.54) is 22.9 Å². The molecule has 2 N–H and O–H groups in total. The van der Waals surface area contributed by atoms with Gasteiger partial charge in [0.15, 0.2) is 0 Å². The Labute approximate surface area is 191 Å². The van der Waals surface area contributed by atoms with Crippen molar-refractivity contribution in [2.45, 2.75) is 64.1 Å². The number of benzene rings is 2. The van der Waals surface area contributed by atoms with Crippen LogP contribution in [-0.2, 0) is 4.79 Å². The van der Waals surface area contributed by atoms with Gasteiger partial charge in [-0.05, 0) is 69.4 Å². The largest absolute Gasteiger partial charge is 0.497 e. The normalized spacial score (nSPS) is 20.8. The number of H-pyrrole nitrogens is 1. The van der Waals surface area contributed by atoms with Gasteiger partial charge in [-0.25, -0.2) is 0 Å². The van der Waals surface area contributed by atoms with Crippen LogP contribution < -0.4 is 10.1 Å². The van der Waals surface area contributed by atoms with Crippen molar-refractivity contribution in [1.29, 1.82) is 0 Å². The number of fused-ring (bicyclic) bond motifs is 1. The zero-order valence-corrected chi connectivity index (χ0v) is 19.6. The van der Waals surface area contributed by atoms with Crippen molar-refractivity contribution in [3.05, 3.63) is 65.9 Å². The molecule has 32 heavy (non-hydrogen) atoms. The number of piperidine rings is 1. The monoisotopic (exact) mass is 433 g/mol. The number of aromatic amines is 1.